The summed E-state index contributed by atoms with van der Waals surface area (Å²) < 4.78 is 5.38. The highest BCUT2D eigenvalue weighted by Crippen LogP contribution is 2.21. The molecule has 0 bridgehead atoms. The van der Waals surface area contributed by atoms with Gasteiger partial charge in [0.15, 0.2) is 0 Å². The van der Waals surface area contributed by atoms with E-state index >= 15 is 0 Å². The molecule has 0 unspecified atom stereocenters. The van der Waals surface area contributed by atoms with Crippen LogP contribution in [0.25, 0.3) is 0 Å². The van der Waals surface area contributed by atoms with Crippen LogP contribution in [0.5, 0.6) is 5.75 Å². The van der Waals surface area contributed by atoms with E-state index in [4.69, 9.17) is 10.5 Å². The molecule has 1 aromatic rings. The molecule has 0 atom stereocenters. The van der Waals surface area contributed by atoms with Crippen LogP contribution in [0.15, 0.2) is 18.2 Å². The fourth-order valence-corrected chi connectivity index (χ4v) is 1.88. The summed E-state index contributed by atoms with van der Waals surface area (Å²) >= 11 is 0. The van der Waals surface area contributed by atoms with Gasteiger partial charge >= 0.3 is 0 Å². The number of hydrogen-bond acceptors (Lipinski definition) is 3. The molecule has 0 spiro atoms. The Bertz CT molecular complexity index is 432. The lowest BCUT2D eigenvalue weighted by Gasteiger charge is -2.17. The molecule has 0 amide bonds. The standard InChI is InChI=1S/C15H22N2O/c1-4-10-17(2)12-14-11-13(6-5-9-16)7-8-15(14)18-3/h7-8,11H,4,9-10,12,16H2,1-3H3. The zero-order chi connectivity index (χ0) is 13.4. The van der Waals surface area contributed by atoms with Gasteiger partial charge in [-0.2, -0.15) is 0 Å². The summed E-state index contributed by atoms with van der Waals surface area (Å²) in [4.78, 5) is 2.28. The van der Waals surface area contributed by atoms with Crippen LogP contribution in [-0.2, 0) is 6.54 Å². The Morgan fingerprint density at radius 3 is 2.78 bits per heavy atom. The van der Waals surface area contributed by atoms with Gasteiger partial charge in [0.05, 0.1) is 13.7 Å². The number of ether oxygens (including phenoxy) is 1. The van der Waals surface area contributed by atoms with Gasteiger partial charge in [-0.3, -0.25) is 0 Å². The van der Waals surface area contributed by atoms with Crippen LogP contribution in [0.2, 0.25) is 0 Å². The van der Waals surface area contributed by atoms with Crippen LogP contribution in [-0.4, -0.2) is 32.1 Å². The van der Waals surface area contributed by atoms with Gasteiger partial charge in [0.25, 0.3) is 0 Å². The lowest BCUT2D eigenvalue weighted by molar-refractivity contribution is 0.318. The first-order valence-electron chi connectivity index (χ1n) is 6.25. The maximum absolute atomic E-state index is 5.38. The van der Waals surface area contributed by atoms with E-state index in [0.29, 0.717) is 6.54 Å². The molecule has 0 heterocycles. The smallest absolute Gasteiger partial charge is 0.123 e. The van der Waals surface area contributed by atoms with E-state index < -0.39 is 0 Å². The normalized spacial score (nSPS) is 10.1. The van der Waals surface area contributed by atoms with Crippen LogP contribution in [0.3, 0.4) is 0 Å². The van der Waals surface area contributed by atoms with E-state index in [1.165, 1.54) is 0 Å². The number of hydrogen-bond donors (Lipinski definition) is 1. The predicted octanol–water partition coefficient (Wildman–Crippen LogP) is 1.85. The van der Waals surface area contributed by atoms with Gasteiger partial charge in [0.1, 0.15) is 5.75 Å². The summed E-state index contributed by atoms with van der Waals surface area (Å²) in [6, 6.07) is 6.01. The number of methoxy groups -OCH3 is 1. The summed E-state index contributed by atoms with van der Waals surface area (Å²) in [6.45, 7) is 4.50. The van der Waals surface area contributed by atoms with E-state index in [0.717, 1.165) is 36.4 Å². The molecule has 3 nitrogen and oxygen atoms in total. The first-order valence-corrected chi connectivity index (χ1v) is 6.25. The van der Waals surface area contributed by atoms with Crippen LogP contribution in [0.1, 0.15) is 24.5 Å². The van der Waals surface area contributed by atoms with Crippen molar-refractivity contribution >= 4 is 0 Å². The minimum Gasteiger partial charge on any atom is -0.496 e. The number of nitrogens with two attached hydrogens (primary N) is 1. The monoisotopic (exact) mass is 246 g/mol. The summed E-state index contributed by atoms with van der Waals surface area (Å²) in [5.41, 5.74) is 7.54. The Morgan fingerprint density at radius 1 is 1.39 bits per heavy atom. The molecule has 0 aliphatic carbocycles. The highest BCUT2D eigenvalue weighted by atomic mass is 16.5. The van der Waals surface area contributed by atoms with Crippen LogP contribution < -0.4 is 10.5 Å². The second-order valence-electron chi connectivity index (χ2n) is 4.27. The van der Waals surface area contributed by atoms with E-state index in [1.54, 1.807) is 7.11 Å². The minimum absolute atomic E-state index is 0.386. The van der Waals surface area contributed by atoms with Gasteiger partial charge in [0, 0.05) is 17.7 Å². The van der Waals surface area contributed by atoms with Gasteiger partial charge in [0.2, 0.25) is 0 Å². The minimum atomic E-state index is 0.386. The average molecular weight is 246 g/mol. The fraction of sp³-hybridized carbons (Fsp3) is 0.467. The van der Waals surface area contributed by atoms with Crippen molar-refractivity contribution in [1.82, 2.24) is 4.90 Å². The van der Waals surface area contributed by atoms with Gasteiger partial charge in [-0.15, -0.1) is 0 Å². The first kappa shape index (κ1) is 14.6. The first-order chi connectivity index (χ1) is 8.71. The largest absolute Gasteiger partial charge is 0.496 e. The van der Waals surface area contributed by atoms with E-state index in [1.807, 2.05) is 12.1 Å². The van der Waals surface area contributed by atoms with Gasteiger partial charge in [-0.25, -0.2) is 0 Å². The molecule has 0 saturated carbocycles. The van der Waals surface area contributed by atoms with Crippen LogP contribution in [0, 0.1) is 11.8 Å². The third kappa shape index (κ3) is 4.40. The van der Waals surface area contributed by atoms with Crippen molar-refractivity contribution in [2.75, 3.05) is 27.2 Å². The quantitative estimate of drug-likeness (QED) is 0.806. The molecule has 0 saturated heterocycles. The van der Waals surface area contributed by atoms with Crippen molar-refractivity contribution in [3.05, 3.63) is 29.3 Å². The van der Waals surface area contributed by atoms with Crippen LogP contribution >= 0.6 is 0 Å². The zero-order valence-corrected chi connectivity index (χ0v) is 11.5. The maximum atomic E-state index is 5.38. The Kier molecular flexibility index (Phi) is 6.27. The zero-order valence-electron chi connectivity index (χ0n) is 11.5. The molecule has 0 fully saturated rings. The van der Waals surface area contributed by atoms with Crippen molar-refractivity contribution in [1.29, 1.82) is 0 Å². The highest BCUT2D eigenvalue weighted by molar-refractivity contribution is 5.44. The maximum Gasteiger partial charge on any atom is 0.123 e. The molecule has 1 rings (SSSR count). The van der Waals surface area contributed by atoms with Crippen molar-refractivity contribution in [3.63, 3.8) is 0 Å². The van der Waals surface area contributed by atoms with Gasteiger partial charge in [-0.05, 0) is 38.2 Å². The molecule has 3 heteroatoms. The fourth-order valence-electron chi connectivity index (χ4n) is 1.88. The lowest BCUT2D eigenvalue weighted by atomic mass is 10.1. The molecule has 0 aromatic heterocycles. The average Bonchev–Trinajstić information content (AvgIpc) is 2.37. The Balaban J connectivity index is 2.91. The molecule has 0 aliphatic rings. The lowest BCUT2D eigenvalue weighted by Crippen LogP contribution is -2.18. The van der Waals surface area contributed by atoms with Gasteiger partial charge in [-0.1, -0.05) is 18.8 Å². The van der Waals surface area contributed by atoms with Crippen LogP contribution in [0.4, 0.5) is 0 Å². The van der Waals surface area contributed by atoms with E-state index in [2.05, 4.69) is 36.8 Å². The molecular formula is C15H22N2O. The summed E-state index contributed by atoms with van der Waals surface area (Å²) in [7, 11) is 3.81. The SMILES string of the molecule is CCCN(C)Cc1cc(C#CCN)ccc1OC. The van der Waals surface area contributed by atoms with Crippen molar-refractivity contribution in [2.45, 2.75) is 19.9 Å². The molecule has 0 radical (unpaired) electrons. The predicted molar refractivity (Wildman–Crippen MR) is 75.6 cm³/mol. The molecule has 18 heavy (non-hydrogen) atoms. The van der Waals surface area contributed by atoms with E-state index in [-0.39, 0.29) is 0 Å². The Morgan fingerprint density at radius 2 is 2.17 bits per heavy atom. The number of rotatable bonds is 5. The summed E-state index contributed by atoms with van der Waals surface area (Å²) in [5.74, 6) is 6.84. The molecule has 98 valence electrons. The third-order valence-corrected chi connectivity index (χ3v) is 2.66. The second-order valence-corrected chi connectivity index (χ2v) is 4.27. The molecular weight excluding hydrogens is 224 g/mol. The van der Waals surface area contributed by atoms with Crippen molar-refractivity contribution in [2.24, 2.45) is 5.73 Å². The molecule has 1 aromatic carbocycles. The van der Waals surface area contributed by atoms with Crippen molar-refractivity contribution < 1.29 is 4.74 Å². The Hall–Kier alpha value is -1.50. The number of nitrogens with zero attached hydrogens (tertiary/aromatic N) is 1. The summed E-state index contributed by atoms with van der Waals surface area (Å²) in [6.07, 6.45) is 1.14. The third-order valence-electron chi connectivity index (χ3n) is 2.66. The molecule has 2 N–H and O–H groups in total. The summed E-state index contributed by atoms with van der Waals surface area (Å²) in [5, 5.41) is 0. The second kappa shape index (κ2) is 7.75. The highest BCUT2D eigenvalue weighted by Gasteiger charge is 2.06. The van der Waals surface area contributed by atoms with Gasteiger partial charge < -0.3 is 15.4 Å². The topological polar surface area (TPSA) is 38.5 Å². The number of benzene rings is 1. The molecule has 0 aliphatic heterocycles. The van der Waals surface area contributed by atoms with Crippen molar-refractivity contribution in [3.8, 4) is 17.6 Å². The Labute approximate surface area is 110 Å². The van der Waals surface area contributed by atoms with E-state index in [9.17, 15) is 0 Å².